The molecule has 1 aromatic carbocycles. The standard InChI is InChI=1S/C16H21NO3S/c1-3-17(11-15-7-5-4-6-13(15)2)16(18)10-14-8-9-21(19,20)12-14/h4-9,14H,3,10-12H2,1-2H3. The Balaban J connectivity index is 2.00. The summed E-state index contributed by atoms with van der Waals surface area (Å²) in [4.78, 5) is 14.1. The van der Waals surface area contributed by atoms with Gasteiger partial charge in [0.15, 0.2) is 9.84 Å². The molecule has 4 nitrogen and oxygen atoms in total. The van der Waals surface area contributed by atoms with Crippen LogP contribution in [0.2, 0.25) is 0 Å². The van der Waals surface area contributed by atoms with Crippen LogP contribution in [-0.2, 0) is 21.2 Å². The molecule has 1 heterocycles. The average molecular weight is 307 g/mol. The van der Waals surface area contributed by atoms with Gasteiger partial charge in [-0.1, -0.05) is 30.3 Å². The Labute approximate surface area is 126 Å². The van der Waals surface area contributed by atoms with E-state index >= 15 is 0 Å². The number of rotatable bonds is 5. The number of nitrogens with zero attached hydrogens (tertiary/aromatic N) is 1. The lowest BCUT2D eigenvalue weighted by molar-refractivity contribution is -0.132. The van der Waals surface area contributed by atoms with E-state index in [0.29, 0.717) is 13.1 Å². The number of sulfone groups is 1. The molecule has 0 N–H and O–H groups in total. The van der Waals surface area contributed by atoms with Crippen LogP contribution in [0.5, 0.6) is 0 Å². The van der Waals surface area contributed by atoms with E-state index in [1.807, 2.05) is 38.1 Å². The van der Waals surface area contributed by atoms with Gasteiger partial charge >= 0.3 is 0 Å². The van der Waals surface area contributed by atoms with Gasteiger partial charge in [-0.15, -0.1) is 0 Å². The average Bonchev–Trinajstić information content (AvgIpc) is 2.77. The number of carbonyl (C=O) groups excluding carboxylic acids is 1. The first-order valence-electron chi connectivity index (χ1n) is 7.14. The van der Waals surface area contributed by atoms with Crippen LogP contribution < -0.4 is 0 Å². The molecule has 1 aliphatic rings. The van der Waals surface area contributed by atoms with Crippen molar-refractivity contribution in [2.45, 2.75) is 26.8 Å². The van der Waals surface area contributed by atoms with E-state index < -0.39 is 9.84 Å². The second kappa shape index (κ2) is 6.43. The maximum atomic E-state index is 12.4. The molecule has 0 saturated heterocycles. The number of benzene rings is 1. The van der Waals surface area contributed by atoms with Crippen molar-refractivity contribution >= 4 is 15.7 Å². The zero-order chi connectivity index (χ0) is 15.5. The van der Waals surface area contributed by atoms with Gasteiger partial charge in [0.2, 0.25) is 5.91 Å². The molecule has 0 bridgehead atoms. The fraction of sp³-hybridized carbons (Fsp3) is 0.438. The summed E-state index contributed by atoms with van der Waals surface area (Å²) in [6, 6.07) is 7.99. The molecule has 5 heteroatoms. The summed E-state index contributed by atoms with van der Waals surface area (Å²) in [6.07, 6.45) is 1.89. The highest BCUT2D eigenvalue weighted by molar-refractivity contribution is 7.94. The molecular weight excluding hydrogens is 286 g/mol. The fourth-order valence-corrected chi connectivity index (χ4v) is 3.89. The van der Waals surface area contributed by atoms with Gasteiger partial charge < -0.3 is 4.90 Å². The molecule has 1 amide bonds. The minimum atomic E-state index is -3.09. The van der Waals surface area contributed by atoms with E-state index in [9.17, 15) is 13.2 Å². The fourth-order valence-electron chi connectivity index (χ4n) is 2.49. The Morgan fingerprint density at radius 3 is 2.62 bits per heavy atom. The van der Waals surface area contributed by atoms with Crippen molar-refractivity contribution < 1.29 is 13.2 Å². The van der Waals surface area contributed by atoms with Crippen molar-refractivity contribution in [1.29, 1.82) is 0 Å². The molecule has 114 valence electrons. The molecule has 0 radical (unpaired) electrons. The molecule has 1 aliphatic heterocycles. The first-order valence-corrected chi connectivity index (χ1v) is 8.86. The van der Waals surface area contributed by atoms with Crippen LogP contribution in [-0.4, -0.2) is 31.5 Å². The minimum absolute atomic E-state index is 0.00695. The number of carbonyl (C=O) groups is 1. The molecule has 1 unspecified atom stereocenters. The van der Waals surface area contributed by atoms with Gasteiger partial charge in [-0.2, -0.15) is 0 Å². The third-order valence-corrected chi connectivity index (χ3v) is 5.26. The molecule has 1 aromatic rings. The van der Waals surface area contributed by atoms with Gasteiger partial charge in [0, 0.05) is 30.8 Å². The van der Waals surface area contributed by atoms with E-state index in [4.69, 9.17) is 0 Å². The minimum Gasteiger partial charge on any atom is -0.339 e. The normalized spacial score (nSPS) is 19.6. The smallest absolute Gasteiger partial charge is 0.223 e. The van der Waals surface area contributed by atoms with Gasteiger partial charge in [0.1, 0.15) is 0 Å². The number of hydrogen-bond acceptors (Lipinski definition) is 3. The molecule has 0 saturated carbocycles. The highest BCUT2D eigenvalue weighted by atomic mass is 32.2. The number of hydrogen-bond donors (Lipinski definition) is 0. The van der Waals surface area contributed by atoms with Crippen molar-refractivity contribution in [1.82, 2.24) is 4.90 Å². The van der Waals surface area contributed by atoms with Gasteiger partial charge in [0.05, 0.1) is 5.75 Å². The summed E-state index contributed by atoms with van der Waals surface area (Å²) in [5.74, 6) is -0.123. The van der Waals surface area contributed by atoms with Crippen LogP contribution in [0.1, 0.15) is 24.5 Å². The Hall–Kier alpha value is -1.62. The van der Waals surface area contributed by atoms with Crippen LogP contribution >= 0.6 is 0 Å². The van der Waals surface area contributed by atoms with Crippen molar-refractivity contribution in [3.05, 3.63) is 46.9 Å². The first-order chi connectivity index (χ1) is 9.91. The van der Waals surface area contributed by atoms with Crippen molar-refractivity contribution in [2.75, 3.05) is 12.3 Å². The zero-order valence-corrected chi connectivity index (χ0v) is 13.3. The first kappa shape index (κ1) is 15.8. The SMILES string of the molecule is CCN(Cc1ccccc1C)C(=O)CC1C=CS(=O)(=O)C1. The predicted molar refractivity (Wildman–Crippen MR) is 83.3 cm³/mol. The lowest BCUT2D eigenvalue weighted by atomic mass is 10.1. The Morgan fingerprint density at radius 1 is 1.33 bits per heavy atom. The maximum Gasteiger partial charge on any atom is 0.223 e. The second-order valence-corrected chi connectivity index (χ2v) is 7.39. The summed E-state index contributed by atoms with van der Waals surface area (Å²) in [5, 5.41) is 1.22. The quantitative estimate of drug-likeness (QED) is 0.838. The molecule has 0 fully saturated rings. The number of amides is 1. The van der Waals surface area contributed by atoms with E-state index in [0.717, 1.165) is 11.1 Å². The predicted octanol–water partition coefficient (Wildman–Crippen LogP) is 2.29. The van der Waals surface area contributed by atoms with Crippen molar-refractivity contribution in [3.63, 3.8) is 0 Å². The molecule has 0 aromatic heterocycles. The van der Waals surface area contributed by atoms with Crippen LogP contribution in [0.25, 0.3) is 0 Å². The Bertz CT molecular complexity index is 649. The Kier molecular flexibility index (Phi) is 4.83. The highest BCUT2D eigenvalue weighted by Crippen LogP contribution is 2.20. The van der Waals surface area contributed by atoms with Crippen molar-refractivity contribution in [2.24, 2.45) is 5.92 Å². The summed E-state index contributed by atoms with van der Waals surface area (Å²) in [6.45, 7) is 5.17. The molecule has 2 rings (SSSR count). The van der Waals surface area contributed by atoms with Gasteiger partial charge in [-0.25, -0.2) is 8.42 Å². The van der Waals surface area contributed by atoms with E-state index in [1.54, 1.807) is 11.0 Å². The van der Waals surface area contributed by atoms with Gasteiger partial charge in [0.25, 0.3) is 0 Å². The third kappa shape index (κ3) is 4.17. The maximum absolute atomic E-state index is 12.4. The molecule has 0 spiro atoms. The summed E-state index contributed by atoms with van der Waals surface area (Å²) in [7, 11) is -3.09. The third-order valence-electron chi connectivity index (χ3n) is 3.80. The van der Waals surface area contributed by atoms with Crippen LogP contribution in [0.3, 0.4) is 0 Å². The summed E-state index contributed by atoms with van der Waals surface area (Å²) in [5.41, 5.74) is 2.29. The van der Waals surface area contributed by atoms with Gasteiger partial charge in [-0.05, 0) is 25.0 Å². The molecular formula is C16H21NO3S. The van der Waals surface area contributed by atoms with Crippen molar-refractivity contribution in [3.8, 4) is 0 Å². The van der Waals surface area contributed by atoms with Crippen LogP contribution in [0, 0.1) is 12.8 Å². The monoisotopic (exact) mass is 307 g/mol. The highest BCUT2D eigenvalue weighted by Gasteiger charge is 2.25. The largest absolute Gasteiger partial charge is 0.339 e. The Morgan fingerprint density at radius 2 is 2.05 bits per heavy atom. The lowest BCUT2D eigenvalue weighted by Crippen LogP contribution is -2.32. The van der Waals surface area contributed by atoms with Gasteiger partial charge in [-0.3, -0.25) is 4.79 Å². The molecule has 21 heavy (non-hydrogen) atoms. The molecule has 1 atom stereocenters. The van der Waals surface area contributed by atoms with E-state index in [1.165, 1.54) is 5.41 Å². The number of aryl methyl sites for hydroxylation is 1. The van der Waals surface area contributed by atoms with E-state index in [2.05, 4.69) is 0 Å². The van der Waals surface area contributed by atoms with Crippen LogP contribution in [0.15, 0.2) is 35.7 Å². The zero-order valence-electron chi connectivity index (χ0n) is 12.5. The van der Waals surface area contributed by atoms with Crippen LogP contribution in [0.4, 0.5) is 0 Å². The second-order valence-electron chi connectivity index (χ2n) is 5.46. The molecule has 0 aliphatic carbocycles. The lowest BCUT2D eigenvalue weighted by Gasteiger charge is -2.23. The summed E-state index contributed by atoms with van der Waals surface area (Å²) >= 11 is 0. The topological polar surface area (TPSA) is 54.5 Å². The number of allylic oxidation sites excluding steroid dienone is 1. The summed E-state index contributed by atoms with van der Waals surface area (Å²) < 4.78 is 22.8. The van der Waals surface area contributed by atoms with E-state index in [-0.39, 0.29) is 24.0 Å².